The highest BCUT2D eigenvalue weighted by Crippen LogP contribution is 2.32. The van der Waals surface area contributed by atoms with Crippen molar-refractivity contribution in [1.82, 2.24) is 4.57 Å². The second kappa shape index (κ2) is 7.69. The van der Waals surface area contributed by atoms with Gasteiger partial charge >= 0.3 is 0 Å². The quantitative estimate of drug-likeness (QED) is 0.349. The van der Waals surface area contributed by atoms with Crippen molar-refractivity contribution in [2.45, 2.75) is 6.54 Å². The Morgan fingerprint density at radius 3 is 2.30 bits per heavy atom. The maximum Gasteiger partial charge on any atom is 0.257 e. The van der Waals surface area contributed by atoms with Crippen LogP contribution < -0.4 is 5.32 Å². The van der Waals surface area contributed by atoms with Crippen LogP contribution in [0.5, 0.6) is 0 Å². The van der Waals surface area contributed by atoms with Crippen LogP contribution in [0.25, 0.3) is 21.8 Å². The second-order valence-electron chi connectivity index (χ2n) is 7.25. The lowest BCUT2D eigenvalue weighted by atomic mass is 10.1. The van der Waals surface area contributed by atoms with Gasteiger partial charge in [-0.3, -0.25) is 4.79 Å². The van der Waals surface area contributed by atoms with Gasteiger partial charge in [-0.2, -0.15) is 0 Å². The number of hydrogen-bond donors (Lipinski definition) is 1. The monoisotopic (exact) mass is 410 g/mol. The lowest BCUT2D eigenvalue weighted by molar-refractivity contribution is 0.102. The van der Waals surface area contributed by atoms with Gasteiger partial charge in [0, 0.05) is 34.0 Å². The number of para-hydroxylation sites is 1. The zero-order valence-corrected chi connectivity index (χ0v) is 16.9. The highest BCUT2D eigenvalue weighted by molar-refractivity contribution is 6.34. The molecule has 0 saturated heterocycles. The van der Waals surface area contributed by atoms with Crippen molar-refractivity contribution in [3.8, 4) is 0 Å². The molecule has 0 fully saturated rings. The summed E-state index contributed by atoms with van der Waals surface area (Å²) in [5, 5.41) is 5.70. The standard InChI is InChI=1S/C26H19ClN2O/c27-23-12-6-4-11-21(23)26(30)28-19-14-15-25-22(16-19)20-10-5-7-13-24(20)29(25)17-18-8-2-1-3-9-18/h1-16H,17H2,(H,28,30). The van der Waals surface area contributed by atoms with E-state index in [0.717, 1.165) is 28.5 Å². The van der Waals surface area contributed by atoms with E-state index in [4.69, 9.17) is 11.6 Å². The van der Waals surface area contributed by atoms with E-state index in [-0.39, 0.29) is 5.91 Å². The number of fused-ring (bicyclic) bond motifs is 3. The molecule has 4 heteroatoms. The normalized spacial score (nSPS) is 11.1. The van der Waals surface area contributed by atoms with Crippen LogP contribution >= 0.6 is 11.6 Å². The molecule has 0 saturated carbocycles. The number of nitrogens with one attached hydrogen (secondary N) is 1. The zero-order valence-electron chi connectivity index (χ0n) is 16.2. The van der Waals surface area contributed by atoms with Crippen LogP contribution in [0.15, 0.2) is 97.1 Å². The van der Waals surface area contributed by atoms with Gasteiger partial charge in [0.1, 0.15) is 0 Å². The Bertz CT molecular complexity index is 1370. The van der Waals surface area contributed by atoms with E-state index in [9.17, 15) is 4.79 Å². The molecule has 1 aromatic heterocycles. The van der Waals surface area contributed by atoms with Gasteiger partial charge in [0.05, 0.1) is 10.6 Å². The number of halogens is 1. The van der Waals surface area contributed by atoms with Crippen molar-refractivity contribution < 1.29 is 4.79 Å². The fraction of sp³-hybridized carbons (Fsp3) is 0.0385. The molecule has 3 nitrogen and oxygen atoms in total. The third-order valence-corrected chi connectivity index (χ3v) is 5.66. The smallest absolute Gasteiger partial charge is 0.257 e. The molecular formula is C26H19ClN2O. The molecule has 0 bridgehead atoms. The molecule has 30 heavy (non-hydrogen) atoms. The predicted molar refractivity (Wildman–Crippen MR) is 124 cm³/mol. The average molecular weight is 411 g/mol. The Morgan fingerprint density at radius 1 is 0.767 bits per heavy atom. The van der Waals surface area contributed by atoms with Gasteiger partial charge in [0.2, 0.25) is 0 Å². The summed E-state index contributed by atoms with van der Waals surface area (Å²) in [5.74, 6) is -0.215. The molecule has 5 aromatic rings. The van der Waals surface area contributed by atoms with Crippen molar-refractivity contribution in [2.24, 2.45) is 0 Å². The molecule has 1 N–H and O–H groups in total. The van der Waals surface area contributed by atoms with Crippen molar-refractivity contribution in [1.29, 1.82) is 0 Å². The van der Waals surface area contributed by atoms with Crippen LogP contribution in [0, 0.1) is 0 Å². The first-order valence-electron chi connectivity index (χ1n) is 9.81. The second-order valence-corrected chi connectivity index (χ2v) is 7.66. The third-order valence-electron chi connectivity index (χ3n) is 5.33. The highest BCUT2D eigenvalue weighted by atomic mass is 35.5. The molecule has 5 rings (SSSR count). The molecule has 0 atom stereocenters. The molecular weight excluding hydrogens is 392 g/mol. The van der Waals surface area contributed by atoms with Gasteiger partial charge in [-0.05, 0) is 42.0 Å². The van der Waals surface area contributed by atoms with Gasteiger partial charge in [0.25, 0.3) is 5.91 Å². The number of anilines is 1. The van der Waals surface area contributed by atoms with E-state index in [1.807, 2.05) is 30.3 Å². The topological polar surface area (TPSA) is 34.0 Å². The summed E-state index contributed by atoms with van der Waals surface area (Å²) in [4.78, 5) is 12.7. The van der Waals surface area contributed by atoms with E-state index >= 15 is 0 Å². The van der Waals surface area contributed by atoms with E-state index in [2.05, 4.69) is 58.4 Å². The lowest BCUT2D eigenvalue weighted by Crippen LogP contribution is -2.12. The fourth-order valence-electron chi connectivity index (χ4n) is 3.91. The Hall–Kier alpha value is -3.56. The maximum absolute atomic E-state index is 12.7. The first-order chi connectivity index (χ1) is 14.7. The van der Waals surface area contributed by atoms with Crippen LogP contribution in [-0.2, 0) is 6.54 Å². The first-order valence-corrected chi connectivity index (χ1v) is 10.2. The molecule has 4 aromatic carbocycles. The van der Waals surface area contributed by atoms with Gasteiger partial charge in [-0.25, -0.2) is 0 Å². The zero-order chi connectivity index (χ0) is 20.5. The van der Waals surface area contributed by atoms with Crippen LogP contribution in [0.1, 0.15) is 15.9 Å². The highest BCUT2D eigenvalue weighted by Gasteiger charge is 2.14. The summed E-state index contributed by atoms with van der Waals surface area (Å²) in [6.45, 7) is 0.788. The van der Waals surface area contributed by atoms with Crippen LogP contribution in [0.3, 0.4) is 0 Å². The summed E-state index contributed by atoms with van der Waals surface area (Å²) in [6, 6.07) is 31.9. The van der Waals surface area contributed by atoms with Crippen molar-refractivity contribution >= 4 is 45.0 Å². The average Bonchev–Trinajstić information content (AvgIpc) is 3.08. The SMILES string of the molecule is O=C(Nc1ccc2c(c1)c1ccccc1n2Cc1ccccc1)c1ccccc1Cl. The lowest BCUT2D eigenvalue weighted by Gasteiger charge is -2.09. The third kappa shape index (κ3) is 3.34. The number of benzene rings is 4. The molecule has 1 heterocycles. The number of aromatic nitrogens is 1. The summed E-state index contributed by atoms with van der Waals surface area (Å²) < 4.78 is 2.32. The number of carbonyl (C=O) groups excluding carboxylic acids is 1. The number of hydrogen-bond acceptors (Lipinski definition) is 1. The molecule has 0 aliphatic rings. The fourth-order valence-corrected chi connectivity index (χ4v) is 4.13. The van der Waals surface area contributed by atoms with Crippen LogP contribution in [0.2, 0.25) is 5.02 Å². The number of rotatable bonds is 4. The minimum Gasteiger partial charge on any atom is -0.336 e. The van der Waals surface area contributed by atoms with Crippen molar-refractivity contribution in [3.05, 3.63) is 113 Å². The Labute approximate surface area is 179 Å². The summed E-state index contributed by atoms with van der Waals surface area (Å²) >= 11 is 6.17. The summed E-state index contributed by atoms with van der Waals surface area (Å²) in [7, 11) is 0. The van der Waals surface area contributed by atoms with Gasteiger partial charge in [-0.1, -0.05) is 72.3 Å². The first kappa shape index (κ1) is 18.5. The van der Waals surface area contributed by atoms with Gasteiger partial charge in [-0.15, -0.1) is 0 Å². The molecule has 1 amide bonds. The molecule has 0 spiro atoms. The van der Waals surface area contributed by atoms with E-state index in [1.165, 1.54) is 11.1 Å². The number of amides is 1. The summed E-state index contributed by atoms with van der Waals surface area (Å²) in [6.07, 6.45) is 0. The summed E-state index contributed by atoms with van der Waals surface area (Å²) in [5.41, 5.74) is 4.76. The van der Waals surface area contributed by atoms with Gasteiger partial charge < -0.3 is 9.88 Å². The number of nitrogens with zero attached hydrogens (tertiary/aromatic N) is 1. The molecule has 0 unspecified atom stereocenters. The molecule has 0 aliphatic heterocycles. The van der Waals surface area contributed by atoms with Crippen LogP contribution in [-0.4, -0.2) is 10.5 Å². The molecule has 146 valence electrons. The largest absolute Gasteiger partial charge is 0.336 e. The Kier molecular flexibility index (Phi) is 4.74. The Balaban J connectivity index is 1.57. The van der Waals surface area contributed by atoms with Crippen molar-refractivity contribution in [2.75, 3.05) is 5.32 Å². The van der Waals surface area contributed by atoms with E-state index in [0.29, 0.717) is 10.6 Å². The Morgan fingerprint density at radius 2 is 1.47 bits per heavy atom. The van der Waals surface area contributed by atoms with E-state index < -0.39 is 0 Å². The number of carbonyl (C=O) groups is 1. The van der Waals surface area contributed by atoms with E-state index in [1.54, 1.807) is 18.2 Å². The molecule has 0 aliphatic carbocycles. The minimum atomic E-state index is -0.215. The van der Waals surface area contributed by atoms with Crippen LogP contribution in [0.4, 0.5) is 5.69 Å². The van der Waals surface area contributed by atoms with Gasteiger partial charge in [0.15, 0.2) is 0 Å². The van der Waals surface area contributed by atoms with Crippen molar-refractivity contribution in [3.63, 3.8) is 0 Å². The minimum absolute atomic E-state index is 0.215. The predicted octanol–water partition coefficient (Wildman–Crippen LogP) is 6.75. The molecule has 0 radical (unpaired) electrons. The maximum atomic E-state index is 12.7.